The van der Waals surface area contributed by atoms with Crippen molar-refractivity contribution < 1.29 is 13.5 Å². The second kappa shape index (κ2) is 4.32. The molecule has 88 valence electrons. The number of hydrogen-bond acceptors (Lipinski definition) is 4. The molecule has 0 aliphatic carbocycles. The van der Waals surface area contributed by atoms with E-state index < -0.39 is 17.3 Å². The number of halogens is 2. The molecule has 1 aromatic heterocycles. The second-order valence-electron chi connectivity index (χ2n) is 3.27. The molecule has 0 fully saturated rings. The molecule has 6 heteroatoms. The molecule has 2 rings (SSSR count). The first-order chi connectivity index (χ1) is 8.15. The van der Waals surface area contributed by atoms with Crippen molar-refractivity contribution in [3.63, 3.8) is 0 Å². The third-order valence-corrected chi connectivity index (χ3v) is 2.29. The molecule has 2 N–H and O–H groups in total. The maximum Gasteiger partial charge on any atom is 0.224 e. The van der Waals surface area contributed by atoms with Gasteiger partial charge in [-0.05, 0) is 12.1 Å². The Hall–Kier alpha value is -2.24. The van der Waals surface area contributed by atoms with Crippen LogP contribution in [0.1, 0.15) is 0 Å². The van der Waals surface area contributed by atoms with E-state index in [-0.39, 0.29) is 11.4 Å². The molecular formula is C11H9F2N3O. The van der Waals surface area contributed by atoms with E-state index in [1.54, 1.807) is 0 Å². The summed E-state index contributed by atoms with van der Waals surface area (Å²) in [6, 6.07) is 2.35. The number of anilines is 1. The van der Waals surface area contributed by atoms with E-state index >= 15 is 0 Å². The molecule has 4 nitrogen and oxygen atoms in total. The van der Waals surface area contributed by atoms with Crippen molar-refractivity contribution in [1.82, 2.24) is 9.97 Å². The number of nitrogens with zero attached hydrogens (tertiary/aromatic N) is 2. The van der Waals surface area contributed by atoms with Crippen molar-refractivity contribution in [3.05, 3.63) is 36.3 Å². The number of nitrogen functional groups attached to an aromatic ring is 1. The molecule has 0 saturated carbocycles. The van der Waals surface area contributed by atoms with Gasteiger partial charge in [0.05, 0.1) is 12.7 Å². The van der Waals surface area contributed by atoms with Gasteiger partial charge in [0, 0.05) is 11.8 Å². The van der Waals surface area contributed by atoms with Crippen molar-refractivity contribution in [2.24, 2.45) is 0 Å². The lowest BCUT2D eigenvalue weighted by Crippen LogP contribution is -1.99. The number of benzene rings is 1. The molecule has 0 amide bonds. The Morgan fingerprint density at radius 3 is 2.71 bits per heavy atom. The normalized spacial score (nSPS) is 10.3. The van der Waals surface area contributed by atoms with Crippen molar-refractivity contribution in [1.29, 1.82) is 0 Å². The molecule has 0 saturated heterocycles. The summed E-state index contributed by atoms with van der Waals surface area (Å²) in [6.45, 7) is 0. The lowest BCUT2D eigenvalue weighted by Gasteiger charge is -2.09. The molecule has 0 bridgehead atoms. The summed E-state index contributed by atoms with van der Waals surface area (Å²) < 4.78 is 31.8. The predicted octanol–water partition coefficient (Wildman–Crippen LogP) is 2.01. The summed E-state index contributed by atoms with van der Waals surface area (Å²) >= 11 is 0. The predicted molar refractivity (Wildman–Crippen MR) is 58.3 cm³/mol. The first-order valence-corrected chi connectivity index (χ1v) is 4.73. The molecule has 1 aromatic carbocycles. The van der Waals surface area contributed by atoms with Gasteiger partial charge >= 0.3 is 0 Å². The fourth-order valence-corrected chi connectivity index (χ4v) is 1.44. The summed E-state index contributed by atoms with van der Waals surface area (Å²) in [6.07, 6.45) is 2.65. The van der Waals surface area contributed by atoms with Gasteiger partial charge in [0.15, 0.2) is 5.82 Å². The van der Waals surface area contributed by atoms with Crippen molar-refractivity contribution in [2.45, 2.75) is 0 Å². The quantitative estimate of drug-likeness (QED) is 0.811. The van der Waals surface area contributed by atoms with Crippen LogP contribution in [0.25, 0.3) is 11.1 Å². The van der Waals surface area contributed by atoms with E-state index in [9.17, 15) is 8.78 Å². The first kappa shape index (κ1) is 11.3. The van der Waals surface area contributed by atoms with Gasteiger partial charge in [-0.25, -0.2) is 18.7 Å². The summed E-state index contributed by atoms with van der Waals surface area (Å²) in [4.78, 5) is 7.60. The number of hydrogen-bond donors (Lipinski definition) is 1. The van der Waals surface area contributed by atoms with Crippen LogP contribution in [0.2, 0.25) is 0 Å². The smallest absolute Gasteiger partial charge is 0.224 e. The molecule has 0 radical (unpaired) electrons. The fraction of sp³-hybridized carbons (Fsp3) is 0.0909. The number of methoxy groups -OCH3 is 1. The number of rotatable bonds is 2. The number of nitrogens with two attached hydrogens (primary N) is 1. The molecule has 0 aliphatic heterocycles. The Morgan fingerprint density at radius 1 is 1.24 bits per heavy atom. The lowest BCUT2D eigenvalue weighted by molar-refractivity contribution is 0.398. The highest BCUT2D eigenvalue weighted by atomic mass is 19.1. The summed E-state index contributed by atoms with van der Waals surface area (Å²) in [5.41, 5.74) is 5.16. The lowest BCUT2D eigenvalue weighted by atomic mass is 10.1. The molecule has 0 spiro atoms. The van der Waals surface area contributed by atoms with Crippen LogP contribution in [-0.4, -0.2) is 17.1 Å². The van der Waals surface area contributed by atoms with Gasteiger partial charge in [0.2, 0.25) is 5.88 Å². The van der Waals surface area contributed by atoms with Crippen molar-refractivity contribution in [2.75, 3.05) is 12.8 Å². The van der Waals surface area contributed by atoms with Crippen LogP contribution < -0.4 is 10.5 Å². The molecule has 0 atom stereocenters. The first-order valence-electron chi connectivity index (χ1n) is 4.73. The molecule has 1 heterocycles. The number of aromatic nitrogens is 2. The molecular weight excluding hydrogens is 228 g/mol. The van der Waals surface area contributed by atoms with Gasteiger partial charge in [-0.1, -0.05) is 0 Å². The minimum Gasteiger partial charge on any atom is -0.480 e. The highest BCUT2D eigenvalue weighted by Crippen LogP contribution is 2.32. The number of ether oxygens (including phenoxy) is 1. The minimum atomic E-state index is -0.849. The average molecular weight is 237 g/mol. The van der Waals surface area contributed by atoms with Crippen LogP contribution in [0.4, 0.5) is 14.5 Å². The van der Waals surface area contributed by atoms with E-state index in [2.05, 4.69) is 9.97 Å². The molecule has 0 aliphatic rings. The van der Waals surface area contributed by atoms with Crippen molar-refractivity contribution >= 4 is 5.69 Å². The molecule has 2 aromatic rings. The van der Waals surface area contributed by atoms with Gasteiger partial charge in [0.1, 0.15) is 17.8 Å². The third kappa shape index (κ3) is 1.89. The van der Waals surface area contributed by atoms with Gasteiger partial charge in [-0.15, -0.1) is 0 Å². The van der Waals surface area contributed by atoms with Gasteiger partial charge < -0.3 is 10.5 Å². The Labute approximate surface area is 96.1 Å². The van der Waals surface area contributed by atoms with E-state index in [4.69, 9.17) is 10.5 Å². The van der Waals surface area contributed by atoms with E-state index in [0.29, 0.717) is 5.56 Å². The van der Waals surface area contributed by atoms with Crippen LogP contribution in [0.3, 0.4) is 0 Å². The summed E-state index contributed by atoms with van der Waals surface area (Å²) in [5, 5.41) is 0. The third-order valence-electron chi connectivity index (χ3n) is 2.29. The fourth-order valence-electron chi connectivity index (χ4n) is 1.44. The van der Waals surface area contributed by atoms with Gasteiger partial charge in [-0.3, -0.25) is 0 Å². The summed E-state index contributed by atoms with van der Waals surface area (Å²) in [7, 11) is 1.40. The zero-order chi connectivity index (χ0) is 12.4. The Bertz CT molecular complexity index is 560. The highest BCUT2D eigenvalue weighted by Gasteiger charge is 2.16. The Kier molecular flexibility index (Phi) is 2.86. The van der Waals surface area contributed by atoms with E-state index in [1.807, 2.05) is 0 Å². The maximum absolute atomic E-state index is 13.8. The topological polar surface area (TPSA) is 61.0 Å². The second-order valence-corrected chi connectivity index (χ2v) is 3.27. The Morgan fingerprint density at radius 2 is 2.00 bits per heavy atom. The molecule has 0 unspecified atom stereocenters. The van der Waals surface area contributed by atoms with Crippen LogP contribution >= 0.6 is 0 Å². The zero-order valence-corrected chi connectivity index (χ0v) is 8.95. The van der Waals surface area contributed by atoms with E-state index in [0.717, 1.165) is 6.07 Å². The van der Waals surface area contributed by atoms with Crippen molar-refractivity contribution in [3.8, 4) is 17.0 Å². The van der Waals surface area contributed by atoms with Crippen LogP contribution in [0, 0.1) is 11.6 Å². The summed E-state index contributed by atoms with van der Waals surface area (Å²) in [5.74, 6) is -1.45. The Balaban J connectivity index is 2.65. The average Bonchev–Trinajstić information content (AvgIpc) is 2.36. The highest BCUT2D eigenvalue weighted by molar-refractivity contribution is 5.71. The minimum absolute atomic E-state index is 0.0985. The zero-order valence-electron chi connectivity index (χ0n) is 8.95. The largest absolute Gasteiger partial charge is 0.480 e. The standard InChI is InChI=1S/C11H9F2N3O/c1-17-11-7(4-15-5-16-11)6-2-3-8(12)10(14)9(6)13/h2-5H,14H2,1H3. The van der Waals surface area contributed by atoms with Crippen LogP contribution in [0.5, 0.6) is 5.88 Å². The van der Waals surface area contributed by atoms with Gasteiger partial charge in [-0.2, -0.15) is 0 Å². The van der Waals surface area contributed by atoms with E-state index in [1.165, 1.54) is 25.7 Å². The monoisotopic (exact) mass is 237 g/mol. The van der Waals surface area contributed by atoms with Crippen LogP contribution in [0.15, 0.2) is 24.7 Å². The maximum atomic E-state index is 13.8. The molecule has 17 heavy (non-hydrogen) atoms. The van der Waals surface area contributed by atoms with Crippen LogP contribution in [-0.2, 0) is 0 Å². The SMILES string of the molecule is COc1ncncc1-c1ccc(F)c(N)c1F. The van der Waals surface area contributed by atoms with Gasteiger partial charge in [0.25, 0.3) is 0 Å².